The van der Waals surface area contributed by atoms with Gasteiger partial charge in [0.15, 0.2) is 0 Å². The van der Waals surface area contributed by atoms with Gasteiger partial charge in [-0.25, -0.2) is 9.59 Å². The molecule has 2 amide bonds. The van der Waals surface area contributed by atoms with Gasteiger partial charge >= 0.3 is 12.2 Å². The van der Waals surface area contributed by atoms with E-state index in [1.807, 2.05) is 67.5 Å². The van der Waals surface area contributed by atoms with Crippen LogP contribution in [0, 0.1) is 13.8 Å². The maximum Gasteiger partial charge on any atom is 0.410 e. The predicted molar refractivity (Wildman–Crippen MR) is 111 cm³/mol. The number of carbonyl (C=O) groups excluding carboxylic acids is 2. The molecule has 162 valence electrons. The van der Waals surface area contributed by atoms with E-state index in [9.17, 15) is 9.59 Å². The van der Waals surface area contributed by atoms with Crippen LogP contribution in [0.25, 0.3) is 0 Å². The number of ether oxygens (including phenoxy) is 3. The fourth-order valence-electron chi connectivity index (χ4n) is 3.44. The summed E-state index contributed by atoms with van der Waals surface area (Å²) < 4.78 is 16.4. The van der Waals surface area contributed by atoms with Gasteiger partial charge in [-0.1, -0.05) is 0 Å². The largest absolute Gasteiger partial charge is 0.496 e. The molecule has 2 rings (SSSR count). The van der Waals surface area contributed by atoms with Gasteiger partial charge in [0.05, 0.1) is 20.2 Å². The Labute approximate surface area is 173 Å². The van der Waals surface area contributed by atoms with Crippen molar-refractivity contribution in [3.63, 3.8) is 0 Å². The van der Waals surface area contributed by atoms with Crippen molar-refractivity contribution in [3.8, 4) is 5.75 Å². The summed E-state index contributed by atoms with van der Waals surface area (Å²) in [6.07, 6.45) is -0.923. The SMILES string of the molecule is COc1c(C)cc(C2(NC(=O)OC(C)(C)C)CN(C(=O)OC(C)(C)C)C2)cc1C. The Morgan fingerprint density at radius 2 is 1.45 bits per heavy atom. The van der Waals surface area contributed by atoms with E-state index in [4.69, 9.17) is 14.2 Å². The molecule has 7 heteroatoms. The molecule has 29 heavy (non-hydrogen) atoms. The lowest BCUT2D eigenvalue weighted by Gasteiger charge is -2.50. The van der Waals surface area contributed by atoms with Gasteiger partial charge in [0.2, 0.25) is 0 Å². The Hall–Kier alpha value is -2.44. The number of carbonyl (C=O) groups is 2. The molecule has 0 unspecified atom stereocenters. The van der Waals surface area contributed by atoms with Crippen LogP contribution in [0.1, 0.15) is 58.2 Å². The number of likely N-dealkylation sites (tertiary alicyclic amines) is 1. The number of methoxy groups -OCH3 is 1. The molecule has 1 aromatic carbocycles. The average molecular weight is 407 g/mol. The lowest BCUT2D eigenvalue weighted by Crippen LogP contribution is -2.69. The van der Waals surface area contributed by atoms with Crippen LogP contribution < -0.4 is 10.1 Å². The van der Waals surface area contributed by atoms with E-state index >= 15 is 0 Å². The second-order valence-corrected chi connectivity index (χ2v) is 9.69. The van der Waals surface area contributed by atoms with E-state index in [0.29, 0.717) is 13.1 Å². The second kappa shape index (κ2) is 7.76. The van der Waals surface area contributed by atoms with Crippen LogP contribution in [0.15, 0.2) is 12.1 Å². The van der Waals surface area contributed by atoms with E-state index in [-0.39, 0.29) is 0 Å². The van der Waals surface area contributed by atoms with Crippen LogP contribution in [0.2, 0.25) is 0 Å². The molecular weight excluding hydrogens is 372 g/mol. The minimum absolute atomic E-state index is 0.298. The van der Waals surface area contributed by atoms with Gasteiger partial charge in [-0.15, -0.1) is 0 Å². The Balaban J connectivity index is 2.32. The lowest BCUT2D eigenvalue weighted by molar-refractivity contribution is -0.0230. The van der Waals surface area contributed by atoms with E-state index in [1.165, 1.54) is 0 Å². The van der Waals surface area contributed by atoms with Gasteiger partial charge in [-0.2, -0.15) is 0 Å². The summed E-state index contributed by atoms with van der Waals surface area (Å²) in [4.78, 5) is 26.6. The van der Waals surface area contributed by atoms with E-state index in [1.54, 1.807) is 12.0 Å². The Morgan fingerprint density at radius 3 is 1.86 bits per heavy atom. The number of nitrogens with zero attached hydrogens (tertiary/aromatic N) is 1. The molecule has 1 heterocycles. The van der Waals surface area contributed by atoms with Gasteiger partial charge in [-0.05, 0) is 84.2 Å². The van der Waals surface area contributed by atoms with Crippen LogP contribution in [0.4, 0.5) is 9.59 Å². The van der Waals surface area contributed by atoms with Crippen LogP contribution in [-0.4, -0.2) is 48.5 Å². The van der Waals surface area contributed by atoms with E-state index in [0.717, 1.165) is 22.4 Å². The summed E-state index contributed by atoms with van der Waals surface area (Å²) in [6.45, 7) is 15.4. The number of hydrogen-bond acceptors (Lipinski definition) is 5. The second-order valence-electron chi connectivity index (χ2n) is 9.69. The van der Waals surface area contributed by atoms with Gasteiger partial charge in [0, 0.05) is 0 Å². The first kappa shape index (κ1) is 22.8. The summed E-state index contributed by atoms with van der Waals surface area (Å²) in [5, 5.41) is 2.99. The number of nitrogens with one attached hydrogen (secondary N) is 1. The smallest absolute Gasteiger partial charge is 0.410 e. The Bertz CT molecular complexity index is 760. The van der Waals surface area contributed by atoms with Crippen molar-refractivity contribution < 1.29 is 23.8 Å². The fourth-order valence-corrected chi connectivity index (χ4v) is 3.44. The Kier molecular flexibility index (Phi) is 6.12. The summed E-state index contributed by atoms with van der Waals surface area (Å²) in [5.41, 5.74) is 0.875. The summed E-state index contributed by atoms with van der Waals surface area (Å²) in [6, 6.07) is 3.96. The first-order valence-corrected chi connectivity index (χ1v) is 9.80. The molecule has 0 bridgehead atoms. The van der Waals surface area contributed by atoms with Crippen molar-refractivity contribution in [3.05, 3.63) is 28.8 Å². The molecule has 0 aromatic heterocycles. The number of rotatable bonds is 3. The third-order valence-corrected chi connectivity index (χ3v) is 4.53. The van der Waals surface area contributed by atoms with E-state index in [2.05, 4.69) is 5.32 Å². The third-order valence-electron chi connectivity index (χ3n) is 4.53. The molecule has 0 aliphatic carbocycles. The molecule has 1 aliphatic rings. The van der Waals surface area contributed by atoms with E-state index < -0.39 is 28.9 Å². The highest BCUT2D eigenvalue weighted by molar-refractivity contribution is 5.73. The minimum Gasteiger partial charge on any atom is -0.496 e. The fraction of sp³-hybridized carbons (Fsp3) is 0.636. The highest BCUT2D eigenvalue weighted by Crippen LogP contribution is 2.37. The maximum atomic E-state index is 12.5. The monoisotopic (exact) mass is 406 g/mol. The highest BCUT2D eigenvalue weighted by atomic mass is 16.6. The third kappa shape index (κ3) is 5.55. The zero-order valence-electron chi connectivity index (χ0n) is 19.1. The van der Waals surface area contributed by atoms with Crippen molar-refractivity contribution in [2.24, 2.45) is 0 Å². The summed E-state index contributed by atoms with van der Waals surface area (Å²) in [7, 11) is 1.64. The first-order chi connectivity index (χ1) is 13.2. The maximum absolute atomic E-state index is 12.5. The average Bonchev–Trinajstić information content (AvgIpc) is 2.46. The molecular formula is C22H34N2O5. The highest BCUT2D eigenvalue weighted by Gasteiger charge is 2.50. The molecule has 1 N–H and O–H groups in total. The molecule has 0 spiro atoms. The van der Waals surface area contributed by atoms with Crippen molar-refractivity contribution in [1.29, 1.82) is 0 Å². The van der Waals surface area contributed by atoms with Crippen LogP contribution >= 0.6 is 0 Å². The van der Waals surface area contributed by atoms with Crippen LogP contribution in [0.3, 0.4) is 0 Å². The first-order valence-electron chi connectivity index (χ1n) is 9.80. The molecule has 1 fully saturated rings. The number of alkyl carbamates (subject to hydrolysis) is 1. The number of amides is 2. The molecule has 1 aromatic rings. The van der Waals surface area contributed by atoms with Crippen molar-refractivity contribution in [1.82, 2.24) is 10.2 Å². The molecule has 7 nitrogen and oxygen atoms in total. The number of aryl methyl sites for hydroxylation is 2. The number of hydrogen-bond donors (Lipinski definition) is 1. The molecule has 0 atom stereocenters. The van der Waals surface area contributed by atoms with Crippen molar-refractivity contribution in [2.45, 2.75) is 72.1 Å². The standard InChI is InChI=1S/C22H34N2O5/c1-14-10-16(11-15(2)17(14)27-9)22(23-18(25)28-20(3,4)5)12-24(13-22)19(26)29-21(6,7)8/h10-11H,12-13H2,1-9H3,(H,23,25). The molecule has 1 aliphatic heterocycles. The quantitative estimate of drug-likeness (QED) is 0.811. The normalized spacial score (nSPS) is 16.0. The zero-order valence-corrected chi connectivity index (χ0v) is 19.1. The summed E-state index contributed by atoms with van der Waals surface area (Å²) in [5.74, 6) is 0.810. The van der Waals surface area contributed by atoms with Crippen LogP contribution in [-0.2, 0) is 15.0 Å². The Morgan fingerprint density at radius 1 is 0.966 bits per heavy atom. The lowest BCUT2D eigenvalue weighted by atomic mass is 9.81. The molecule has 1 saturated heterocycles. The van der Waals surface area contributed by atoms with Gasteiger partial charge in [-0.3, -0.25) is 0 Å². The van der Waals surface area contributed by atoms with Crippen molar-refractivity contribution in [2.75, 3.05) is 20.2 Å². The molecule has 0 saturated carbocycles. The molecule has 0 radical (unpaired) electrons. The van der Waals surface area contributed by atoms with Crippen molar-refractivity contribution >= 4 is 12.2 Å². The van der Waals surface area contributed by atoms with Gasteiger partial charge < -0.3 is 24.4 Å². The predicted octanol–water partition coefficient (Wildman–Crippen LogP) is 4.28. The zero-order chi connectivity index (χ0) is 22.2. The summed E-state index contributed by atoms with van der Waals surface area (Å²) >= 11 is 0. The topological polar surface area (TPSA) is 77.1 Å². The van der Waals surface area contributed by atoms with Gasteiger partial charge in [0.1, 0.15) is 22.5 Å². The van der Waals surface area contributed by atoms with Gasteiger partial charge in [0.25, 0.3) is 0 Å². The van der Waals surface area contributed by atoms with Crippen LogP contribution in [0.5, 0.6) is 5.75 Å². The number of benzene rings is 1. The minimum atomic E-state index is -0.749.